The van der Waals surface area contributed by atoms with E-state index in [1.165, 1.54) is 11.3 Å². The molecule has 47 heavy (non-hydrogen) atoms. The Morgan fingerprint density at radius 2 is 1.45 bits per heavy atom. The first kappa shape index (κ1) is 31.4. The van der Waals surface area contributed by atoms with Crippen LogP contribution >= 0.6 is 11.3 Å². The number of nitrogens with zero attached hydrogens (tertiary/aromatic N) is 2. The summed E-state index contributed by atoms with van der Waals surface area (Å²) < 4.78 is 18.8. The molecule has 2 heterocycles. The van der Waals surface area contributed by atoms with Gasteiger partial charge in [-0.3, -0.25) is 9.36 Å². The summed E-state index contributed by atoms with van der Waals surface area (Å²) in [7, 11) is 0. The minimum atomic E-state index is -0.743. The maximum absolute atomic E-state index is 14.2. The molecule has 0 spiro atoms. The quantitative estimate of drug-likeness (QED) is 0.181. The largest absolute Gasteiger partial charge is 0.488 e. The number of rotatable bonds is 10. The number of benzene rings is 4. The SMILES string of the molecule is CCOC(=O)C1=C(c2ccccc2)N=c2s/c(=C\c3ccccc3OCc3ccc(C(=O)OCC)cc3)c(=O)n2[C@@H]1c1ccccc1. The van der Waals surface area contributed by atoms with E-state index < -0.39 is 12.0 Å². The Balaban J connectivity index is 1.42. The third-order valence-electron chi connectivity index (χ3n) is 7.55. The first-order valence-corrected chi connectivity index (χ1v) is 16.1. The van der Waals surface area contributed by atoms with Crippen LogP contribution in [0.3, 0.4) is 0 Å². The fraction of sp³-hybridized carbons (Fsp3) is 0.158. The number of hydrogen-bond donors (Lipinski definition) is 0. The van der Waals surface area contributed by atoms with Gasteiger partial charge in [0, 0.05) is 11.1 Å². The molecule has 0 saturated heterocycles. The number of para-hydroxylation sites is 1. The molecule has 6 rings (SSSR count). The number of esters is 2. The Morgan fingerprint density at radius 1 is 0.809 bits per heavy atom. The second kappa shape index (κ2) is 14.3. The molecule has 4 aromatic carbocycles. The lowest BCUT2D eigenvalue weighted by atomic mass is 9.93. The van der Waals surface area contributed by atoms with E-state index in [0.29, 0.717) is 44.1 Å². The van der Waals surface area contributed by atoms with Gasteiger partial charge in [0.2, 0.25) is 0 Å². The van der Waals surface area contributed by atoms with E-state index in [4.69, 9.17) is 19.2 Å². The van der Waals surface area contributed by atoms with Crippen LogP contribution < -0.4 is 19.6 Å². The molecule has 0 aliphatic carbocycles. The van der Waals surface area contributed by atoms with Crippen LogP contribution in [0.2, 0.25) is 0 Å². The van der Waals surface area contributed by atoms with Crippen molar-refractivity contribution in [1.82, 2.24) is 4.57 Å². The lowest BCUT2D eigenvalue weighted by Crippen LogP contribution is -2.40. The third-order valence-corrected chi connectivity index (χ3v) is 8.54. The molecule has 0 radical (unpaired) electrons. The number of carbonyl (C=O) groups is 2. The first-order chi connectivity index (χ1) is 23.0. The fourth-order valence-electron chi connectivity index (χ4n) is 5.38. The molecular formula is C38H32N2O6S. The van der Waals surface area contributed by atoms with Crippen molar-refractivity contribution in [2.24, 2.45) is 4.99 Å². The molecule has 5 aromatic rings. The summed E-state index contributed by atoms with van der Waals surface area (Å²) in [6.07, 6.45) is 1.79. The highest BCUT2D eigenvalue weighted by Gasteiger charge is 2.35. The predicted molar refractivity (Wildman–Crippen MR) is 181 cm³/mol. The molecule has 0 bridgehead atoms. The summed E-state index contributed by atoms with van der Waals surface area (Å²) in [5.74, 6) is -0.302. The minimum Gasteiger partial charge on any atom is -0.488 e. The minimum absolute atomic E-state index is 0.183. The summed E-state index contributed by atoms with van der Waals surface area (Å²) >= 11 is 1.25. The average molecular weight is 645 g/mol. The van der Waals surface area contributed by atoms with Crippen molar-refractivity contribution < 1.29 is 23.8 Å². The van der Waals surface area contributed by atoms with Crippen molar-refractivity contribution >= 4 is 35.0 Å². The van der Waals surface area contributed by atoms with Crippen LogP contribution in [0, 0.1) is 0 Å². The van der Waals surface area contributed by atoms with Crippen LogP contribution in [-0.4, -0.2) is 29.7 Å². The molecule has 0 N–H and O–H groups in total. The zero-order valence-electron chi connectivity index (χ0n) is 25.9. The molecule has 0 saturated carbocycles. The van der Waals surface area contributed by atoms with Crippen LogP contribution in [0.4, 0.5) is 0 Å². The third kappa shape index (κ3) is 6.71. The molecule has 1 atom stereocenters. The van der Waals surface area contributed by atoms with Crippen LogP contribution in [0.15, 0.2) is 125 Å². The van der Waals surface area contributed by atoms with Crippen molar-refractivity contribution in [3.8, 4) is 5.75 Å². The smallest absolute Gasteiger partial charge is 0.338 e. The summed E-state index contributed by atoms with van der Waals surface area (Å²) in [6, 6.07) is 32.7. The van der Waals surface area contributed by atoms with Gasteiger partial charge in [0.15, 0.2) is 4.80 Å². The zero-order valence-corrected chi connectivity index (χ0v) is 26.7. The van der Waals surface area contributed by atoms with Crippen molar-refractivity contribution in [3.63, 3.8) is 0 Å². The van der Waals surface area contributed by atoms with E-state index in [1.807, 2.05) is 97.1 Å². The number of ether oxygens (including phenoxy) is 3. The van der Waals surface area contributed by atoms with E-state index in [2.05, 4.69) is 0 Å². The van der Waals surface area contributed by atoms with Crippen molar-refractivity contribution in [2.75, 3.05) is 13.2 Å². The second-order valence-corrected chi connectivity index (χ2v) is 11.6. The van der Waals surface area contributed by atoms with Gasteiger partial charge in [-0.05, 0) is 49.2 Å². The van der Waals surface area contributed by atoms with Gasteiger partial charge in [0.05, 0.1) is 40.6 Å². The Labute approximate surface area is 275 Å². The van der Waals surface area contributed by atoms with Gasteiger partial charge in [-0.25, -0.2) is 14.6 Å². The molecule has 1 aromatic heterocycles. The standard InChI is InChI=1S/C38H32N2O6S/c1-3-44-36(42)28-21-19-25(20-22-28)24-46-30-18-12-11-17-29(30)23-31-35(41)40-34(27-15-9-6-10-16-27)32(37(43)45-4-2)33(39-38(40)47-31)26-13-7-5-8-14-26/h5-23,34H,3-4,24H2,1-2H3/b31-23-/t34-/m1/s1. The van der Waals surface area contributed by atoms with Crippen molar-refractivity contribution in [1.29, 1.82) is 0 Å². The topological polar surface area (TPSA) is 96.2 Å². The van der Waals surface area contributed by atoms with Gasteiger partial charge < -0.3 is 14.2 Å². The fourth-order valence-corrected chi connectivity index (χ4v) is 6.37. The molecule has 236 valence electrons. The Hall–Kier alpha value is -5.54. The van der Waals surface area contributed by atoms with Gasteiger partial charge in [-0.15, -0.1) is 0 Å². The zero-order chi connectivity index (χ0) is 32.8. The lowest BCUT2D eigenvalue weighted by molar-refractivity contribution is -0.138. The molecule has 1 aliphatic heterocycles. The van der Waals surface area contributed by atoms with E-state index in [-0.39, 0.29) is 24.7 Å². The number of carbonyl (C=O) groups excluding carboxylic acids is 2. The average Bonchev–Trinajstić information content (AvgIpc) is 3.42. The first-order valence-electron chi connectivity index (χ1n) is 15.3. The molecule has 8 nitrogen and oxygen atoms in total. The monoisotopic (exact) mass is 644 g/mol. The highest BCUT2D eigenvalue weighted by molar-refractivity contribution is 7.07. The molecule has 9 heteroatoms. The van der Waals surface area contributed by atoms with Crippen LogP contribution in [-0.2, 0) is 20.9 Å². The van der Waals surface area contributed by atoms with Crippen molar-refractivity contribution in [3.05, 3.63) is 162 Å². The van der Waals surface area contributed by atoms with Gasteiger partial charge in [-0.2, -0.15) is 0 Å². The lowest BCUT2D eigenvalue weighted by Gasteiger charge is -2.25. The molecule has 1 aliphatic rings. The van der Waals surface area contributed by atoms with E-state index in [9.17, 15) is 14.4 Å². The van der Waals surface area contributed by atoms with Gasteiger partial charge in [0.25, 0.3) is 5.56 Å². The summed E-state index contributed by atoms with van der Waals surface area (Å²) in [5, 5.41) is 0. The molecule has 0 fully saturated rings. The molecular weight excluding hydrogens is 612 g/mol. The Bertz CT molecular complexity index is 2120. The van der Waals surface area contributed by atoms with Gasteiger partial charge >= 0.3 is 11.9 Å². The second-order valence-electron chi connectivity index (χ2n) is 10.6. The number of aromatic nitrogens is 1. The summed E-state index contributed by atoms with van der Waals surface area (Å²) in [6.45, 7) is 4.27. The Kier molecular flexibility index (Phi) is 9.54. The maximum Gasteiger partial charge on any atom is 0.338 e. The maximum atomic E-state index is 14.2. The van der Waals surface area contributed by atoms with Gasteiger partial charge in [0.1, 0.15) is 12.4 Å². The van der Waals surface area contributed by atoms with Crippen LogP contribution in [0.5, 0.6) is 5.75 Å². The summed E-state index contributed by atoms with van der Waals surface area (Å²) in [4.78, 5) is 45.2. The molecule has 0 amide bonds. The van der Waals surface area contributed by atoms with E-state index in [1.54, 1.807) is 36.6 Å². The molecule has 0 unspecified atom stereocenters. The highest BCUT2D eigenvalue weighted by atomic mass is 32.1. The predicted octanol–water partition coefficient (Wildman–Crippen LogP) is 5.69. The van der Waals surface area contributed by atoms with E-state index >= 15 is 0 Å². The summed E-state index contributed by atoms with van der Waals surface area (Å²) in [5.41, 5.74) is 4.08. The van der Waals surface area contributed by atoms with Gasteiger partial charge in [-0.1, -0.05) is 102 Å². The van der Waals surface area contributed by atoms with Crippen LogP contribution in [0.1, 0.15) is 52.5 Å². The normalized spacial score (nSPS) is 14.3. The highest BCUT2D eigenvalue weighted by Crippen LogP contribution is 2.35. The Morgan fingerprint density at radius 3 is 2.15 bits per heavy atom. The number of thiazole rings is 1. The van der Waals surface area contributed by atoms with Crippen molar-refractivity contribution in [2.45, 2.75) is 26.5 Å². The number of fused-ring (bicyclic) bond motifs is 1. The van der Waals surface area contributed by atoms with Crippen LogP contribution in [0.25, 0.3) is 11.8 Å². The number of hydrogen-bond acceptors (Lipinski definition) is 8. The van der Waals surface area contributed by atoms with E-state index in [0.717, 1.165) is 16.7 Å².